The minimum absolute atomic E-state index is 0.0259. The van der Waals surface area contributed by atoms with E-state index in [2.05, 4.69) is 12.2 Å². The Hall–Kier alpha value is -1.72. The molecule has 20 heavy (non-hydrogen) atoms. The lowest BCUT2D eigenvalue weighted by atomic mass is 10.1. The molecule has 0 atom stereocenters. The smallest absolute Gasteiger partial charge is 0.398 e. The van der Waals surface area contributed by atoms with E-state index in [0.29, 0.717) is 6.54 Å². The summed E-state index contributed by atoms with van der Waals surface area (Å²) in [7, 11) is 0. The summed E-state index contributed by atoms with van der Waals surface area (Å²) in [6.45, 7) is 2.54. The van der Waals surface area contributed by atoms with Crippen molar-refractivity contribution >= 4 is 11.6 Å². The van der Waals surface area contributed by atoms with Crippen LogP contribution in [0.1, 0.15) is 48.5 Å². The number of unbranched alkanes of at least 4 members (excludes halogenated alkanes) is 3. The quantitative estimate of drug-likeness (QED) is 0.620. The summed E-state index contributed by atoms with van der Waals surface area (Å²) in [6, 6.07) is 3.19. The van der Waals surface area contributed by atoms with Crippen molar-refractivity contribution in [1.82, 2.24) is 5.32 Å². The van der Waals surface area contributed by atoms with Gasteiger partial charge in [-0.3, -0.25) is 4.79 Å². The third-order valence-corrected chi connectivity index (χ3v) is 2.94. The van der Waals surface area contributed by atoms with Gasteiger partial charge in [0.25, 0.3) is 5.91 Å². The maximum atomic E-state index is 12.7. The summed E-state index contributed by atoms with van der Waals surface area (Å²) < 4.78 is 38.0. The van der Waals surface area contributed by atoms with Gasteiger partial charge in [-0.1, -0.05) is 26.2 Å². The van der Waals surface area contributed by atoms with Crippen LogP contribution in [0.15, 0.2) is 18.2 Å². The molecule has 112 valence electrons. The number of hydrogen-bond donors (Lipinski definition) is 2. The highest BCUT2D eigenvalue weighted by atomic mass is 19.4. The molecule has 0 heterocycles. The van der Waals surface area contributed by atoms with Crippen molar-refractivity contribution in [3.63, 3.8) is 0 Å². The van der Waals surface area contributed by atoms with Gasteiger partial charge in [-0.25, -0.2) is 0 Å². The molecule has 0 aliphatic heterocycles. The van der Waals surface area contributed by atoms with E-state index in [9.17, 15) is 18.0 Å². The largest absolute Gasteiger partial charge is 0.418 e. The molecule has 0 aliphatic rings. The van der Waals surface area contributed by atoms with Crippen molar-refractivity contribution in [1.29, 1.82) is 0 Å². The molecule has 3 nitrogen and oxygen atoms in total. The SMILES string of the molecule is CCCCCCNC(=O)c1ccc(N)c(C(F)(F)F)c1. The van der Waals surface area contributed by atoms with E-state index in [0.717, 1.165) is 37.8 Å². The summed E-state index contributed by atoms with van der Waals surface area (Å²) in [5.41, 5.74) is 3.90. The Kier molecular flexibility index (Phi) is 5.85. The second kappa shape index (κ2) is 7.17. The Morgan fingerprint density at radius 3 is 2.55 bits per heavy atom. The number of carbonyl (C=O) groups excluding carboxylic acids is 1. The average Bonchev–Trinajstić information content (AvgIpc) is 2.37. The molecule has 1 aromatic carbocycles. The number of nitrogen functional groups attached to an aromatic ring is 1. The van der Waals surface area contributed by atoms with Crippen LogP contribution in [0.25, 0.3) is 0 Å². The predicted molar refractivity (Wildman–Crippen MR) is 72.3 cm³/mol. The first-order chi connectivity index (χ1) is 9.36. The predicted octanol–water partition coefficient (Wildman–Crippen LogP) is 3.60. The summed E-state index contributed by atoms with van der Waals surface area (Å²) in [4.78, 5) is 11.7. The molecule has 1 rings (SSSR count). The van der Waals surface area contributed by atoms with Crippen LogP contribution in [0.5, 0.6) is 0 Å². The monoisotopic (exact) mass is 288 g/mol. The van der Waals surface area contributed by atoms with Gasteiger partial charge in [0.15, 0.2) is 0 Å². The Balaban J connectivity index is 2.65. The highest BCUT2D eigenvalue weighted by Gasteiger charge is 2.33. The molecule has 3 N–H and O–H groups in total. The molecule has 1 amide bonds. The van der Waals surface area contributed by atoms with E-state index in [-0.39, 0.29) is 11.3 Å². The first kappa shape index (κ1) is 16.3. The van der Waals surface area contributed by atoms with Gasteiger partial charge >= 0.3 is 6.18 Å². The van der Waals surface area contributed by atoms with Crippen molar-refractivity contribution in [2.24, 2.45) is 0 Å². The molecular formula is C14H19F3N2O. The maximum Gasteiger partial charge on any atom is 0.418 e. The Bertz CT molecular complexity index is 458. The third kappa shape index (κ3) is 4.75. The fourth-order valence-electron chi connectivity index (χ4n) is 1.80. The summed E-state index contributed by atoms with van der Waals surface area (Å²) in [5.74, 6) is -0.507. The van der Waals surface area contributed by atoms with Gasteiger partial charge < -0.3 is 11.1 Å². The lowest BCUT2D eigenvalue weighted by molar-refractivity contribution is -0.136. The molecule has 0 unspecified atom stereocenters. The number of benzene rings is 1. The molecule has 0 bridgehead atoms. The van der Waals surface area contributed by atoms with Crippen LogP contribution in [-0.2, 0) is 6.18 Å². The highest BCUT2D eigenvalue weighted by Crippen LogP contribution is 2.33. The Morgan fingerprint density at radius 2 is 1.95 bits per heavy atom. The van der Waals surface area contributed by atoms with Gasteiger partial charge in [-0.2, -0.15) is 13.2 Å². The van der Waals surface area contributed by atoms with Crippen LogP contribution in [0.3, 0.4) is 0 Å². The first-order valence-corrected chi connectivity index (χ1v) is 6.61. The van der Waals surface area contributed by atoms with Crippen LogP contribution < -0.4 is 11.1 Å². The Labute approximate surface area is 116 Å². The minimum Gasteiger partial charge on any atom is -0.398 e. The van der Waals surface area contributed by atoms with Crippen molar-refractivity contribution in [3.05, 3.63) is 29.3 Å². The molecular weight excluding hydrogens is 269 g/mol. The fourth-order valence-corrected chi connectivity index (χ4v) is 1.80. The van der Waals surface area contributed by atoms with E-state index in [1.54, 1.807) is 0 Å². The second-order valence-corrected chi connectivity index (χ2v) is 4.62. The molecule has 1 aromatic rings. The fraction of sp³-hybridized carbons (Fsp3) is 0.500. The van der Waals surface area contributed by atoms with Crippen LogP contribution in [0, 0.1) is 0 Å². The second-order valence-electron chi connectivity index (χ2n) is 4.62. The Morgan fingerprint density at radius 1 is 1.25 bits per heavy atom. The number of halogens is 3. The number of carbonyl (C=O) groups is 1. The number of alkyl halides is 3. The van der Waals surface area contributed by atoms with E-state index >= 15 is 0 Å². The summed E-state index contributed by atoms with van der Waals surface area (Å²) in [5, 5.41) is 2.61. The molecule has 0 saturated carbocycles. The van der Waals surface area contributed by atoms with E-state index in [1.165, 1.54) is 6.07 Å². The van der Waals surface area contributed by atoms with E-state index < -0.39 is 17.6 Å². The normalized spacial score (nSPS) is 11.4. The zero-order valence-corrected chi connectivity index (χ0v) is 11.4. The van der Waals surface area contributed by atoms with Crippen molar-refractivity contribution in [2.45, 2.75) is 38.8 Å². The molecule has 6 heteroatoms. The number of nitrogens with two attached hydrogens (primary N) is 1. The van der Waals surface area contributed by atoms with E-state index in [4.69, 9.17) is 5.73 Å². The highest BCUT2D eigenvalue weighted by molar-refractivity contribution is 5.94. The third-order valence-electron chi connectivity index (χ3n) is 2.94. The lowest BCUT2D eigenvalue weighted by Crippen LogP contribution is -2.25. The zero-order chi connectivity index (χ0) is 15.2. The summed E-state index contributed by atoms with van der Waals surface area (Å²) in [6.07, 6.45) is -0.578. The standard InChI is InChI=1S/C14H19F3N2O/c1-2-3-4-5-8-19-13(20)10-6-7-12(18)11(9-10)14(15,16)17/h6-7,9H,2-5,8,18H2,1H3,(H,19,20). The van der Waals surface area contributed by atoms with Crippen molar-refractivity contribution < 1.29 is 18.0 Å². The molecule has 0 fully saturated rings. The van der Waals surface area contributed by atoms with Crippen LogP contribution >= 0.6 is 0 Å². The maximum absolute atomic E-state index is 12.7. The molecule has 0 radical (unpaired) electrons. The number of hydrogen-bond acceptors (Lipinski definition) is 2. The van der Waals surface area contributed by atoms with Crippen LogP contribution in [0.2, 0.25) is 0 Å². The van der Waals surface area contributed by atoms with Crippen LogP contribution in [-0.4, -0.2) is 12.5 Å². The first-order valence-electron chi connectivity index (χ1n) is 6.61. The van der Waals surface area contributed by atoms with Gasteiger partial charge in [0, 0.05) is 17.8 Å². The van der Waals surface area contributed by atoms with Crippen molar-refractivity contribution in [3.8, 4) is 0 Å². The number of anilines is 1. The van der Waals surface area contributed by atoms with Crippen molar-refractivity contribution in [2.75, 3.05) is 12.3 Å². The van der Waals surface area contributed by atoms with Gasteiger partial charge in [0.2, 0.25) is 0 Å². The molecule has 0 saturated heterocycles. The minimum atomic E-state index is -4.55. The summed E-state index contributed by atoms with van der Waals surface area (Å²) >= 11 is 0. The molecule has 0 aliphatic carbocycles. The van der Waals surface area contributed by atoms with Gasteiger partial charge in [0.05, 0.1) is 5.56 Å². The average molecular weight is 288 g/mol. The number of nitrogens with one attached hydrogen (secondary N) is 1. The van der Waals surface area contributed by atoms with E-state index in [1.807, 2.05) is 0 Å². The number of rotatable bonds is 6. The lowest BCUT2D eigenvalue weighted by Gasteiger charge is -2.12. The molecule has 0 spiro atoms. The van der Waals surface area contributed by atoms with Gasteiger partial charge in [0.1, 0.15) is 0 Å². The zero-order valence-electron chi connectivity index (χ0n) is 11.4. The molecule has 0 aromatic heterocycles. The topological polar surface area (TPSA) is 55.1 Å². The van der Waals surface area contributed by atoms with Gasteiger partial charge in [-0.05, 0) is 24.6 Å². The number of amides is 1. The van der Waals surface area contributed by atoms with Crippen LogP contribution in [0.4, 0.5) is 18.9 Å². The van der Waals surface area contributed by atoms with Gasteiger partial charge in [-0.15, -0.1) is 0 Å².